The maximum Gasteiger partial charge on any atom is 0.412 e. The molecule has 9 heteroatoms. The summed E-state index contributed by atoms with van der Waals surface area (Å²) in [6, 6.07) is 6.50. The highest BCUT2D eigenvalue weighted by Crippen LogP contribution is 2.18. The normalized spacial score (nSPS) is 16.1. The SMILES string of the molecule is CC(C)(C)OC(=O)Nc1cccc(NS(=O)(=O)CCN2CCOCC2)c1. The van der Waals surface area contributed by atoms with Crippen molar-refractivity contribution in [2.45, 2.75) is 26.4 Å². The number of hydrogen-bond donors (Lipinski definition) is 2. The van der Waals surface area contributed by atoms with Gasteiger partial charge in [0.15, 0.2) is 0 Å². The molecule has 1 saturated heterocycles. The summed E-state index contributed by atoms with van der Waals surface area (Å²) in [6.07, 6.45) is -0.593. The Morgan fingerprint density at radius 1 is 1.23 bits per heavy atom. The third-order valence-electron chi connectivity index (χ3n) is 3.56. The lowest BCUT2D eigenvalue weighted by Gasteiger charge is -2.26. The number of amides is 1. The van der Waals surface area contributed by atoms with Crippen LogP contribution in [0, 0.1) is 0 Å². The van der Waals surface area contributed by atoms with Crippen molar-refractivity contribution in [1.82, 2.24) is 4.90 Å². The maximum absolute atomic E-state index is 12.3. The lowest BCUT2D eigenvalue weighted by Crippen LogP contribution is -2.39. The van der Waals surface area contributed by atoms with Gasteiger partial charge in [0.05, 0.1) is 24.7 Å². The van der Waals surface area contributed by atoms with Crippen LogP contribution in [0.1, 0.15) is 20.8 Å². The first-order valence-corrected chi connectivity index (χ1v) is 10.2. The van der Waals surface area contributed by atoms with Gasteiger partial charge in [0.1, 0.15) is 5.60 Å². The van der Waals surface area contributed by atoms with E-state index in [-0.39, 0.29) is 5.75 Å². The molecule has 0 aliphatic carbocycles. The summed E-state index contributed by atoms with van der Waals surface area (Å²) >= 11 is 0. The quantitative estimate of drug-likeness (QED) is 0.778. The highest BCUT2D eigenvalue weighted by atomic mass is 32.2. The number of nitrogens with zero attached hydrogens (tertiary/aromatic N) is 1. The third-order valence-corrected chi connectivity index (χ3v) is 4.83. The molecule has 1 fully saturated rings. The minimum Gasteiger partial charge on any atom is -0.444 e. The van der Waals surface area contributed by atoms with Gasteiger partial charge in [-0.3, -0.25) is 14.9 Å². The van der Waals surface area contributed by atoms with Crippen LogP contribution in [0.3, 0.4) is 0 Å². The molecule has 146 valence electrons. The molecule has 2 N–H and O–H groups in total. The van der Waals surface area contributed by atoms with E-state index >= 15 is 0 Å². The molecule has 26 heavy (non-hydrogen) atoms. The van der Waals surface area contributed by atoms with Crippen molar-refractivity contribution >= 4 is 27.5 Å². The number of morpholine rings is 1. The van der Waals surface area contributed by atoms with Crippen molar-refractivity contribution < 1.29 is 22.7 Å². The van der Waals surface area contributed by atoms with Crippen LogP contribution < -0.4 is 10.0 Å². The van der Waals surface area contributed by atoms with Crippen LogP contribution in [0.5, 0.6) is 0 Å². The van der Waals surface area contributed by atoms with Gasteiger partial charge in [0.2, 0.25) is 10.0 Å². The van der Waals surface area contributed by atoms with Crippen LogP contribution in [0.4, 0.5) is 16.2 Å². The monoisotopic (exact) mass is 385 g/mol. The Morgan fingerprint density at radius 2 is 1.88 bits per heavy atom. The van der Waals surface area contributed by atoms with Crippen LogP contribution in [-0.4, -0.2) is 63.6 Å². The molecule has 1 aromatic carbocycles. The predicted octanol–water partition coefficient (Wildman–Crippen LogP) is 2.11. The lowest BCUT2D eigenvalue weighted by molar-refractivity contribution is 0.0408. The van der Waals surface area contributed by atoms with Crippen LogP contribution in [0.15, 0.2) is 24.3 Å². The maximum atomic E-state index is 12.3. The van der Waals surface area contributed by atoms with Crippen molar-refractivity contribution in [3.05, 3.63) is 24.3 Å². The molecule has 1 aliphatic rings. The van der Waals surface area contributed by atoms with Gasteiger partial charge in [-0.15, -0.1) is 0 Å². The zero-order valence-electron chi connectivity index (χ0n) is 15.4. The average molecular weight is 385 g/mol. The molecule has 1 aliphatic heterocycles. The summed E-state index contributed by atoms with van der Waals surface area (Å²) in [5.41, 5.74) is 0.233. The fraction of sp³-hybridized carbons (Fsp3) is 0.588. The average Bonchev–Trinajstić information content (AvgIpc) is 2.52. The molecular formula is C17H27N3O5S. The number of carbonyl (C=O) groups is 1. The number of hydrogen-bond acceptors (Lipinski definition) is 6. The van der Waals surface area contributed by atoms with Crippen molar-refractivity contribution in [3.8, 4) is 0 Å². The largest absolute Gasteiger partial charge is 0.444 e. The summed E-state index contributed by atoms with van der Waals surface area (Å²) in [5, 5.41) is 2.59. The van der Waals surface area contributed by atoms with Crippen molar-refractivity contribution in [2.75, 3.05) is 48.6 Å². The molecule has 0 spiro atoms. The second kappa shape index (κ2) is 8.70. The van der Waals surface area contributed by atoms with Crippen LogP contribution >= 0.6 is 0 Å². The van der Waals surface area contributed by atoms with Crippen LogP contribution in [0.2, 0.25) is 0 Å². The highest BCUT2D eigenvalue weighted by Gasteiger charge is 2.18. The number of ether oxygens (including phenoxy) is 2. The topological polar surface area (TPSA) is 97.0 Å². The zero-order valence-corrected chi connectivity index (χ0v) is 16.3. The summed E-state index contributed by atoms with van der Waals surface area (Å²) in [4.78, 5) is 13.9. The molecule has 0 saturated carbocycles. The molecule has 8 nitrogen and oxygen atoms in total. The van der Waals surface area contributed by atoms with Gasteiger partial charge in [0.25, 0.3) is 0 Å². The number of sulfonamides is 1. The number of anilines is 2. The fourth-order valence-electron chi connectivity index (χ4n) is 2.39. The number of carbonyl (C=O) groups excluding carboxylic acids is 1. The first-order valence-electron chi connectivity index (χ1n) is 8.54. The van der Waals surface area contributed by atoms with E-state index in [1.165, 1.54) is 0 Å². The van der Waals surface area contributed by atoms with E-state index in [1.54, 1.807) is 45.0 Å². The molecule has 1 amide bonds. The summed E-state index contributed by atoms with van der Waals surface area (Å²) in [6.45, 7) is 8.50. The Bertz CT molecular complexity index is 709. The van der Waals surface area contributed by atoms with Gasteiger partial charge < -0.3 is 9.47 Å². The smallest absolute Gasteiger partial charge is 0.412 e. The minimum atomic E-state index is -3.48. The Kier molecular flexibility index (Phi) is 6.85. The number of benzene rings is 1. The lowest BCUT2D eigenvalue weighted by atomic mass is 10.2. The first kappa shape index (κ1) is 20.5. The van der Waals surface area contributed by atoms with Gasteiger partial charge in [-0.25, -0.2) is 13.2 Å². The van der Waals surface area contributed by atoms with Crippen molar-refractivity contribution in [2.24, 2.45) is 0 Å². The van der Waals surface area contributed by atoms with E-state index in [1.807, 2.05) is 0 Å². The van der Waals surface area contributed by atoms with Gasteiger partial charge >= 0.3 is 6.09 Å². The summed E-state index contributed by atoms with van der Waals surface area (Å²) in [7, 11) is -3.48. The molecule has 1 aromatic rings. The Labute approximate surface area is 154 Å². The Balaban J connectivity index is 1.90. The molecule has 2 rings (SSSR count). The van der Waals surface area contributed by atoms with E-state index < -0.39 is 21.7 Å². The summed E-state index contributed by atoms with van der Waals surface area (Å²) in [5.74, 6) is -0.00325. The van der Waals surface area contributed by atoms with Gasteiger partial charge in [-0.1, -0.05) is 6.07 Å². The van der Waals surface area contributed by atoms with Crippen LogP contribution in [-0.2, 0) is 19.5 Å². The predicted molar refractivity (Wildman–Crippen MR) is 101 cm³/mol. The molecule has 0 unspecified atom stereocenters. The zero-order chi connectivity index (χ0) is 19.2. The van der Waals surface area contributed by atoms with Crippen LogP contribution in [0.25, 0.3) is 0 Å². The summed E-state index contributed by atoms with van der Waals surface area (Å²) < 4.78 is 37.5. The minimum absolute atomic E-state index is 0.00325. The molecule has 0 bridgehead atoms. The number of nitrogens with one attached hydrogen (secondary N) is 2. The van der Waals surface area contributed by atoms with Crippen molar-refractivity contribution in [1.29, 1.82) is 0 Å². The highest BCUT2D eigenvalue weighted by molar-refractivity contribution is 7.92. The molecule has 0 atom stereocenters. The number of rotatable bonds is 6. The second-order valence-corrected chi connectivity index (χ2v) is 8.92. The van der Waals surface area contributed by atoms with E-state index in [0.717, 1.165) is 13.1 Å². The Morgan fingerprint density at radius 3 is 2.54 bits per heavy atom. The fourth-order valence-corrected chi connectivity index (χ4v) is 3.47. The Hall–Kier alpha value is -1.84. The molecule has 0 radical (unpaired) electrons. The van der Waals surface area contributed by atoms with Crippen molar-refractivity contribution in [3.63, 3.8) is 0 Å². The van der Waals surface area contributed by atoms with Gasteiger partial charge in [-0.2, -0.15) is 0 Å². The second-order valence-electron chi connectivity index (χ2n) is 7.08. The van der Waals surface area contributed by atoms with E-state index in [4.69, 9.17) is 9.47 Å². The van der Waals surface area contributed by atoms with E-state index in [2.05, 4.69) is 14.9 Å². The van der Waals surface area contributed by atoms with E-state index in [9.17, 15) is 13.2 Å². The third kappa shape index (κ3) is 7.59. The molecule has 0 aromatic heterocycles. The molecule has 1 heterocycles. The van der Waals surface area contributed by atoms with Gasteiger partial charge in [0, 0.05) is 25.3 Å². The standard InChI is InChI=1S/C17H27N3O5S/c1-17(2,3)25-16(21)18-14-5-4-6-15(13-14)19-26(22,23)12-9-20-7-10-24-11-8-20/h4-6,13,19H,7-12H2,1-3H3,(H,18,21). The van der Waals surface area contributed by atoms with E-state index in [0.29, 0.717) is 31.1 Å². The van der Waals surface area contributed by atoms with Gasteiger partial charge in [-0.05, 0) is 39.0 Å². The first-order chi connectivity index (χ1) is 12.1. The molecular weight excluding hydrogens is 358 g/mol.